The van der Waals surface area contributed by atoms with E-state index in [4.69, 9.17) is 35.0 Å². The zero-order valence-electron chi connectivity index (χ0n) is 31.3. The van der Waals surface area contributed by atoms with Crippen LogP contribution in [0.2, 0.25) is 0 Å². The van der Waals surface area contributed by atoms with Crippen molar-refractivity contribution in [3.05, 3.63) is 0 Å². The van der Waals surface area contributed by atoms with Gasteiger partial charge < -0.3 is 46.3 Å². The number of carboxylic acids is 2. The number of hydrogen-bond acceptors (Lipinski definition) is 10. The van der Waals surface area contributed by atoms with Gasteiger partial charge in [-0.25, -0.2) is 4.79 Å². The molecule has 0 aliphatic rings. The molecular formula is C36H69N3O12. The number of unbranched alkanes of at least 4 members (excludes halogenated alkanes) is 14. The highest BCUT2D eigenvalue weighted by Gasteiger charge is 2.19. The van der Waals surface area contributed by atoms with Gasteiger partial charge in [0, 0.05) is 25.4 Å². The quantitative estimate of drug-likeness (QED) is 0.0407. The average Bonchev–Trinajstić information content (AvgIpc) is 3.07. The van der Waals surface area contributed by atoms with Crippen LogP contribution in [0.4, 0.5) is 0 Å². The van der Waals surface area contributed by atoms with Gasteiger partial charge in [-0.3, -0.25) is 24.0 Å². The van der Waals surface area contributed by atoms with Crippen LogP contribution in [0.15, 0.2) is 0 Å². The first-order valence-electron chi connectivity index (χ1n) is 18.5. The molecule has 300 valence electrons. The third kappa shape index (κ3) is 46.9. The van der Waals surface area contributed by atoms with E-state index >= 15 is 0 Å². The maximum Gasteiger partial charge on any atom is 0.326 e. The van der Waals surface area contributed by atoms with Crippen LogP contribution in [0, 0.1) is 5.92 Å². The van der Waals surface area contributed by atoms with Gasteiger partial charge in [0.1, 0.15) is 19.3 Å². The number of nitrogens with two attached hydrogens (primary N) is 2. The second-order valence-electron chi connectivity index (χ2n) is 12.5. The lowest BCUT2D eigenvalue weighted by molar-refractivity contribution is -0.142. The number of aliphatic hydroxyl groups is 1. The van der Waals surface area contributed by atoms with Crippen molar-refractivity contribution in [3.8, 4) is 0 Å². The Morgan fingerprint density at radius 2 is 1.10 bits per heavy atom. The third-order valence-corrected chi connectivity index (χ3v) is 7.45. The van der Waals surface area contributed by atoms with Crippen molar-refractivity contribution in [2.45, 2.75) is 142 Å². The number of ether oxygens (including phenoxy) is 3. The van der Waals surface area contributed by atoms with Gasteiger partial charge in [0.2, 0.25) is 18.2 Å². The first kappa shape index (κ1) is 52.2. The van der Waals surface area contributed by atoms with Crippen molar-refractivity contribution in [1.29, 1.82) is 0 Å². The molecule has 0 radical (unpaired) electrons. The lowest BCUT2D eigenvalue weighted by atomic mass is 10.0. The molecule has 0 fully saturated rings. The summed E-state index contributed by atoms with van der Waals surface area (Å²) in [5.41, 5.74) is 9.12. The van der Waals surface area contributed by atoms with E-state index in [0.29, 0.717) is 38.9 Å². The van der Waals surface area contributed by atoms with Crippen molar-refractivity contribution in [3.63, 3.8) is 0 Å². The van der Waals surface area contributed by atoms with Crippen LogP contribution in [0.5, 0.6) is 0 Å². The molecule has 0 spiro atoms. The minimum Gasteiger partial charge on any atom is -0.481 e. The Morgan fingerprint density at radius 1 is 0.647 bits per heavy atom. The topological polar surface area (TPSA) is 255 Å². The van der Waals surface area contributed by atoms with Crippen molar-refractivity contribution < 1.29 is 58.3 Å². The Hall–Kier alpha value is -3.14. The Kier molecular flexibility index (Phi) is 42.3. The van der Waals surface area contributed by atoms with E-state index in [2.05, 4.69) is 11.1 Å². The van der Waals surface area contributed by atoms with Gasteiger partial charge in [0.25, 0.3) is 0 Å². The highest BCUT2D eigenvalue weighted by molar-refractivity contribution is 5.83. The molecule has 0 aliphatic heterocycles. The molecule has 3 amide bonds. The van der Waals surface area contributed by atoms with E-state index in [1.165, 1.54) is 51.4 Å². The van der Waals surface area contributed by atoms with E-state index in [-0.39, 0.29) is 63.5 Å². The lowest BCUT2D eigenvalue weighted by Crippen LogP contribution is -2.40. The second-order valence-corrected chi connectivity index (χ2v) is 12.5. The van der Waals surface area contributed by atoms with E-state index in [0.717, 1.165) is 38.5 Å². The zero-order chi connectivity index (χ0) is 39.0. The Morgan fingerprint density at radius 3 is 1.53 bits per heavy atom. The highest BCUT2D eigenvalue weighted by atomic mass is 16.5. The molecule has 51 heavy (non-hydrogen) atoms. The molecule has 15 nitrogen and oxygen atoms in total. The van der Waals surface area contributed by atoms with Crippen LogP contribution in [0.3, 0.4) is 0 Å². The molecule has 1 atom stereocenters. The standard InChI is InChI=1S/C28H52N2O8.C7H14O3.CH3NO/c29-25(31)23-38-22-21-37-20-16-15-17-24(28(35)36)30-26(32)18-13-11-9-7-5-3-1-2-4-6-8-10-12-14-19-27(33)34;1-6(2)7(9)5-10-4-3-8;2-1-3/h24H,1-23H2,(H2,29,31)(H,30,32)(H,33,34)(H,35,36);6,8H,3-5H2,1-2H3;1H,(H2,2,3). The molecule has 0 aromatic rings. The number of nitrogens with one attached hydrogen (secondary N) is 1. The molecule has 0 bridgehead atoms. The molecule has 0 aliphatic carbocycles. The summed E-state index contributed by atoms with van der Waals surface area (Å²) in [6, 6.07) is -0.877. The van der Waals surface area contributed by atoms with Crippen molar-refractivity contribution in [2.24, 2.45) is 17.4 Å². The predicted octanol–water partition coefficient (Wildman–Crippen LogP) is 3.89. The number of aliphatic hydroxyl groups excluding tert-OH is 1. The summed E-state index contributed by atoms with van der Waals surface area (Å²) in [6.07, 6.45) is 18.2. The monoisotopic (exact) mass is 735 g/mol. The molecule has 0 saturated heterocycles. The van der Waals surface area contributed by atoms with Crippen molar-refractivity contribution >= 4 is 35.9 Å². The fourth-order valence-electron chi connectivity index (χ4n) is 4.56. The maximum atomic E-state index is 12.1. The van der Waals surface area contributed by atoms with E-state index < -0.39 is 23.9 Å². The summed E-state index contributed by atoms with van der Waals surface area (Å²) in [4.78, 5) is 64.0. The van der Waals surface area contributed by atoms with Gasteiger partial charge in [-0.1, -0.05) is 90.9 Å². The van der Waals surface area contributed by atoms with Crippen LogP contribution < -0.4 is 16.8 Å². The second kappa shape index (κ2) is 41.3. The third-order valence-electron chi connectivity index (χ3n) is 7.45. The Bertz CT molecular complexity index is 874. The molecule has 0 heterocycles. The van der Waals surface area contributed by atoms with E-state index in [9.17, 15) is 29.1 Å². The smallest absolute Gasteiger partial charge is 0.326 e. The molecule has 0 aromatic carbocycles. The largest absolute Gasteiger partial charge is 0.481 e. The molecule has 8 N–H and O–H groups in total. The number of primary amides is 2. The van der Waals surface area contributed by atoms with Gasteiger partial charge in [0.15, 0.2) is 5.78 Å². The van der Waals surface area contributed by atoms with Crippen molar-refractivity contribution in [1.82, 2.24) is 5.32 Å². The van der Waals surface area contributed by atoms with Gasteiger partial charge >= 0.3 is 11.9 Å². The average molecular weight is 736 g/mol. The number of amides is 3. The molecular weight excluding hydrogens is 666 g/mol. The minimum atomic E-state index is -1.02. The van der Waals surface area contributed by atoms with Gasteiger partial charge in [-0.15, -0.1) is 0 Å². The first-order valence-corrected chi connectivity index (χ1v) is 18.5. The molecule has 0 rings (SSSR count). The lowest BCUT2D eigenvalue weighted by Gasteiger charge is -2.14. The maximum absolute atomic E-state index is 12.1. The number of Topliss-reactive ketones (excluding diaryl/α,β-unsaturated/α-hetero) is 1. The summed E-state index contributed by atoms with van der Waals surface area (Å²) in [7, 11) is 0. The van der Waals surface area contributed by atoms with Crippen LogP contribution in [-0.4, -0.2) is 104 Å². The summed E-state index contributed by atoms with van der Waals surface area (Å²) in [6.45, 7) is 4.94. The minimum absolute atomic E-state index is 0.0224. The number of hydrogen-bond donors (Lipinski definition) is 6. The fraction of sp³-hybridized carbons (Fsp3) is 0.833. The summed E-state index contributed by atoms with van der Waals surface area (Å²) < 4.78 is 15.1. The number of carboxylic acid groups (broad SMARTS) is 2. The van der Waals surface area contributed by atoms with Crippen LogP contribution in [-0.2, 0) is 43.0 Å². The molecule has 0 aromatic heterocycles. The van der Waals surface area contributed by atoms with E-state index in [1.807, 2.05) is 13.8 Å². The number of rotatable bonds is 34. The SMILES string of the molecule is CC(C)C(=O)COCCO.NC(=O)COCCOCCCCC(NC(=O)CCCCCCCCCCCCCCCCC(=O)O)C(=O)O.NC=O. The first-order chi connectivity index (χ1) is 24.4. The summed E-state index contributed by atoms with van der Waals surface area (Å²) in [5, 5.41) is 28.9. The summed E-state index contributed by atoms with van der Waals surface area (Å²) >= 11 is 0. The number of carbonyl (C=O) groups is 6. The molecule has 0 saturated carbocycles. The Balaban J connectivity index is -0.00000149. The van der Waals surface area contributed by atoms with Gasteiger partial charge in [0.05, 0.1) is 26.4 Å². The van der Waals surface area contributed by atoms with Crippen molar-refractivity contribution in [2.75, 3.05) is 46.2 Å². The predicted molar refractivity (Wildman–Crippen MR) is 194 cm³/mol. The van der Waals surface area contributed by atoms with E-state index in [1.54, 1.807) is 0 Å². The highest BCUT2D eigenvalue weighted by Crippen LogP contribution is 2.14. The summed E-state index contributed by atoms with van der Waals surface area (Å²) in [5.74, 6) is -2.35. The zero-order valence-corrected chi connectivity index (χ0v) is 31.3. The van der Waals surface area contributed by atoms with Crippen LogP contribution in [0.1, 0.15) is 136 Å². The number of aliphatic carboxylic acids is 2. The fourth-order valence-corrected chi connectivity index (χ4v) is 4.56. The Labute approximate surface area is 304 Å². The molecule has 15 heteroatoms. The van der Waals surface area contributed by atoms with Gasteiger partial charge in [-0.05, 0) is 32.1 Å². The van der Waals surface area contributed by atoms with Crippen LogP contribution >= 0.6 is 0 Å². The molecule has 1 unspecified atom stereocenters. The number of carbonyl (C=O) groups excluding carboxylic acids is 4. The van der Waals surface area contributed by atoms with Crippen LogP contribution in [0.25, 0.3) is 0 Å². The number of ketones is 1. The van der Waals surface area contributed by atoms with Gasteiger partial charge in [-0.2, -0.15) is 0 Å². The normalized spacial score (nSPS) is 11.1.